The van der Waals surface area contributed by atoms with Gasteiger partial charge in [-0.2, -0.15) is 0 Å². The summed E-state index contributed by atoms with van der Waals surface area (Å²) < 4.78 is 0. The molecule has 0 aliphatic carbocycles. The predicted molar refractivity (Wildman–Crippen MR) is 85.6 cm³/mol. The molecular formula is C17H26N2. The highest BCUT2D eigenvalue weighted by molar-refractivity contribution is 5.86. The number of rotatable bonds is 4. The fourth-order valence-electron chi connectivity index (χ4n) is 2.22. The fraction of sp³-hybridized carbons (Fsp3) is 0.471. The maximum absolute atomic E-state index is 4.32. The van der Waals surface area contributed by atoms with E-state index >= 15 is 0 Å². The van der Waals surface area contributed by atoms with Crippen molar-refractivity contribution in [2.75, 3.05) is 6.54 Å². The lowest BCUT2D eigenvalue weighted by molar-refractivity contribution is 0.598. The van der Waals surface area contributed by atoms with Crippen LogP contribution in [0.4, 0.5) is 0 Å². The van der Waals surface area contributed by atoms with Crippen molar-refractivity contribution in [3.63, 3.8) is 0 Å². The Morgan fingerprint density at radius 2 is 1.84 bits per heavy atom. The Kier molecular flexibility index (Phi) is 6.51. The minimum atomic E-state index is 0.420. The number of nitrogens with one attached hydrogen (secondary N) is 1. The highest BCUT2D eigenvalue weighted by Gasteiger charge is 2.10. The number of allylic oxidation sites excluding steroid dienone is 2. The molecule has 1 heterocycles. The lowest BCUT2D eigenvalue weighted by atomic mass is 9.99. The van der Waals surface area contributed by atoms with Crippen molar-refractivity contribution in [2.24, 2.45) is 4.99 Å². The first kappa shape index (κ1) is 15.6. The molecule has 1 aliphatic rings. The van der Waals surface area contributed by atoms with Gasteiger partial charge in [0.05, 0.1) is 0 Å². The van der Waals surface area contributed by atoms with Gasteiger partial charge in [0.2, 0.25) is 0 Å². The molecule has 0 spiro atoms. The van der Waals surface area contributed by atoms with Crippen LogP contribution in [0.15, 0.2) is 35.0 Å². The van der Waals surface area contributed by atoms with Gasteiger partial charge in [0.1, 0.15) is 0 Å². The standard InChI is InChI=1S/C15H20N2.C2H6/c1-4-16-11(2)13-5-7-14(8-6-13)15-9-10-17-12(15)3;1-2/h5-8,10-11,16H,4,9H2,1-3H3;1-2H3. The van der Waals surface area contributed by atoms with Crippen LogP contribution in [0, 0.1) is 0 Å². The molecule has 0 bridgehead atoms. The molecule has 2 nitrogen and oxygen atoms in total. The zero-order valence-electron chi connectivity index (χ0n) is 12.8. The molecule has 0 radical (unpaired) electrons. The Bertz CT molecular complexity index is 441. The SMILES string of the molecule is CC.CCNC(C)c1ccc(C2=C(C)N=CC2)cc1. The normalized spacial score (nSPS) is 15.2. The van der Waals surface area contributed by atoms with E-state index in [1.165, 1.54) is 16.7 Å². The van der Waals surface area contributed by atoms with Gasteiger partial charge in [-0.05, 0) is 37.1 Å². The average molecular weight is 258 g/mol. The second-order valence-corrected chi connectivity index (χ2v) is 4.48. The first-order chi connectivity index (χ1) is 9.22. The Morgan fingerprint density at radius 1 is 1.21 bits per heavy atom. The molecule has 104 valence electrons. The maximum atomic E-state index is 4.32. The summed E-state index contributed by atoms with van der Waals surface area (Å²) in [5.41, 5.74) is 5.14. The largest absolute Gasteiger partial charge is 0.310 e. The monoisotopic (exact) mass is 258 g/mol. The molecule has 0 amide bonds. The minimum Gasteiger partial charge on any atom is -0.310 e. The first-order valence-corrected chi connectivity index (χ1v) is 7.28. The van der Waals surface area contributed by atoms with E-state index in [0.717, 1.165) is 18.7 Å². The molecule has 1 aliphatic heterocycles. The Morgan fingerprint density at radius 3 is 2.32 bits per heavy atom. The van der Waals surface area contributed by atoms with Crippen LogP contribution >= 0.6 is 0 Å². The van der Waals surface area contributed by atoms with Crippen molar-refractivity contribution in [1.82, 2.24) is 5.32 Å². The van der Waals surface area contributed by atoms with Gasteiger partial charge in [-0.3, -0.25) is 4.99 Å². The Labute approximate surface area is 117 Å². The summed E-state index contributed by atoms with van der Waals surface area (Å²) in [7, 11) is 0. The number of benzene rings is 1. The van der Waals surface area contributed by atoms with E-state index in [1.54, 1.807) is 0 Å². The fourth-order valence-corrected chi connectivity index (χ4v) is 2.22. The van der Waals surface area contributed by atoms with Gasteiger partial charge in [-0.15, -0.1) is 0 Å². The van der Waals surface area contributed by atoms with Crippen LogP contribution in [0.2, 0.25) is 0 Å². The van der Waals surface area contributed by atoms with Crippen LogP contribution in [0.3, 0.4) is 0 Å². The average Bonchev–Trinajstić information content (AvgIpc) is 2.88. The summed E-state index contributed by atoms with van der Waals surface area (Å²) in [6.45, 7) is 11.4. The van der Waals surface area contributed by atoms with Gasteiger partial charge in [0.15, 0.2) is 0 Å². The number of nitrogens with zero attached hydrogens (tertiary/aromatic N) is 1. The number of aliphatic imine (C=N–C) groups is 1. The van der Waals surface area contributed by atoms with Crippen molar-refractivity contribution < 1.29 is 0 Å². The number of hydrogen-bond donors (Lipinski definition) is 1. The Hall–Kier alpha value is -1.41. The third kappa shape index (κ3) is 4.03. The van der Waals surface area contributed by atoms with E-state index in [4.69, 9.17) is 0 Å². The van der Waals surface area contributed by atoms with Crippen LogP contribution in [-0.4, -0.2) is 12.8 Å². The number of hydrogen-bond acceptors (Lipinski definition) is 2. The quantitative estimate of drug-likeness (QED) is 0.839. The molecule has 0 fully saturated rings. The van der Waals surface area contributed by atoms with Crippen molar-refractivity contribution in [2.45, 2.75) is 47.1 Å². The summed E-state index contributed by atoms with van der Waals surface area (Å²) >= 11 is 0. The van der Waals surface area contributed by atoms with Crippen LogP contribution in [0.1, 0.15) is 58.2 Å². The van der Waals surface area contributed by atoms with E-state index in [9.17, 15) is 0 Å². The zero-order valence-corrected chi connectivity index (χ0v) is 12.8. The lowest BCUT2D eigenvalue weighted by Crippen LogP contribution is -2.17. The molecule has 19 heavy (non-hydrogen) atoms. The smallest absolute Gasteiger partial charge is 0.0410 e. The van der Waals surface area contributed by atoms with Crippen LogP contribution in [0.25, 0.3) is 5.57 Å². The van der Waals surface area contributed by atoms with Gasteiger partial charge in [0.25, 0.3) is 0 Å². The molecule has 2 heteroatoms. The molecular weight excluding hydrogens is 232 g/mol. The van der Waals surface area contributed by atoms with E-state index in [-0.39, 0.29) is 0 Å². The van der Waals surface area contributed by atoms with Crippen molar-refractivity contribution in [1.29, 1.82) is 0 Å². The van der Waals surface area contributed by atoms with Crippen LogP contribution < -0.4 is 5.32 Å². The van der Waals surface area contributed by atoms with Crippen LogP contribution in [0.5, 0.6) is 0 Å². The van der Waals surface area contributed by atoms with Crippen LogP contribution in [-0.2, 0) is 0 Å². The van der Waals surface area contributed by atoms with Gasteiger partial charge in [-0.25, -0.2) is 0 Å². The molecule has 1 N–H and O–H groups in total. The second-order valence-electron chi connectivity index (χ2n) is 4.48. The lowest BCUT2D eigenvalue weighted by Gasteiger charge is -2.13. The third-order valence-electron chi connectivity index (χ3n) is 3.29. The molecule has 1 atom stereocenters. The summed E-state index contributed by atoms with van der Waals surface area (Å²) in [5.74, 6) is 0. The topological polar surface area (TPSA) is 24.4 Å². The zero-order chi connectivity index (χ0) is 14.3. The maximum Gasteiger partial charge on any atom is 0.0410 e. The highest BCUT2D eigenvalue weighted by atomic mass is 14.9. The Balaban J connectivity index is 0.000000861. The molecule has 2 rings (SSSR count). The summed E-state index contributed by atoms with van der Waals surface area (Å²) in [4.78, 5) is 4.32. The molecule has 0 saturated heterocycles. The summed E-state index contributed by atoms with van der Waals surface area (Å²) in [5, 5.41) is 3.42. The molecule has 1 aromatic carbocycles. The van der Waals surface area contributed by atoms with Crippen molar-refractivity contribution in [3.05, 3.63) is 41.1 Å². The van der Waals surface area contributed by atoms with Crippen molar-refractivity contribution in [3.8, 4) is 0 Å². The second kappa shape index (κ2) is 7.90. The molecule has 1 aromatic rings. The molecule has 1 unspecified atom stereocenters. The van der Waals surface area contributed by atoms with E-state index < -0.39 is 0 Å². The third-order valence-corrected chi connectivity index (χ3v) is 3.29. The van der Waals surface area contributed by atoms with Gasteiger partial charge >= 0.3 is 0 Å². The summed E-state index contributed by atoms with van der Waals surface area (Å²) in [6.07, 6.45) is 2.95. The first-order valence-electron chi connectivity index (χ1n) is 7.28. The van der Waals surface area contributed by atoms with E-state index in [0.29, 0.717) is 6.04 Å². The highest BCUT2D eigenvalue weighted by Crippen LogP contribution is 2.27. The summed E-state index contributed by atoms with van der Waals surface area (Å²) in [6, 6.07) is 9.25. The van der Waals surface area contributed by atoms with Crippen molar-refractivity contribution >= 4 is 11.8 Å². The van der Waals surface area contributed by atoms with E-state index in [1.807, 2.05) is 20.1 Å². The molecule has 0 aromatic heterocycles. The van der Waals surface area contributed by atoms with Gasteiger partial charge in [0, 0.05) is 24.4 Å². The minimum absolute atomic E-state index is 0.420. The predicted octanol–water partition coefficient (Wildman–Crippen LogP) is 4.59. The van der Waals surface area contributed by atoms with Gasteiger partial charge in [-0.1, -0.05) is 45.0 Å². The van der Waals surface area contributed by atoms with E-state index in [2.05, 4.69) is 55.3 Å². The van der Waals surface area contributed by atoms with Gasteiger partial charge < -0.3 is 5.32 Å². The molecule has 0 saturated carbocycles.